The number of benzene rings is 1. The number of rotatable bonds is 7. The van der Waals surface area contributed by atoms with Crippen LogP contribution in [-0.4, -0.2) is 48.4 Å². The largest absolute Gasteiger partial charge is 0.351 e. The topological polar surface area (TPSA) is 61.4 Å². The lowest BCUT2D eigenvalue weighted by Gasteiger charge is -2.33. The van der Waals surface area contributed by atoms with Gasteiger partial charge in [0.25, 0.3) is 5.91 Å². The predicted octanol–water partition coefficient (Wildman–Crippen LogP) is 3.09. The first-order chi connectivity index (χ1) is 12.4. The van der Waals surface area contributed by atoms with E-state index in [1.807, 2.05) is 13.8 Å². The normalized spacial score (nSPS) is 17.1. The van der Waals surface area contributed by atoms with Crippen LogP contribution in [0.1, 0.15) is 50.4 Å². The number of hydrogen-bond donors (Lipinski definition) is 2. The van der Waals surface area contributed by atoms with Gasteiger partial charge in [0.1, 0.15) is 6.04 Å². The Morgan fingerprint density at radius 1 is 1.19 bits per heavy atom. The van der Waals surface area contributed by atoms with E-state index in [2.05, 4.69) is 22.5 Å². The van der Waals surface area contributed by atoms with Gasteiger partial charge in [-0.15, -0.1) is 0 Å². The Labute approximate surface area is 161 Å². The summed E-state index contributed by atoms with van der Waals surface area (Å²) in [5.74, 6) is -0.351. The van der Waals surface area contributed by atoms with Crippen LogP contribution in [0.4, 0.5) is 0 Å². The molecule has 0 aliphatic carbocycles. The summed E-state index contributed by atoms with van der Waals surface area (Å²) in [4.78, 5) is 27.6. The second-order valence-corrected chi connectivity index (χ2v) is 7.76. The van der Waals surface area contributed by atoms with Gasteiger partial charge in [-0.25, -0.2) is 0 Å². The van der Waals surface area contributed by atoms with E-state index in [0.29, 0.717) is 10.6 Å². The Bertz CT molecular complexity index is 596. The van der Waals surface area contributed by atoms with Crippen LogP contribution in [0.25, 0.3) is 0 Å². The monoisotopic (exact) mass is 379 g/mol. The average Bonchev–Trinajstić information content (AvgIpc) is 2.61. The fourth-order valence-electron chi connectivity index (χ4n) is 3.27. The third-order valence-corrected chi connectivity index (χ3v) is 5.07. The zero-order chi connectivity index (χ0) is 19.1. The predicted molar refractivity (Wildman–Crippen MR) is 105 cm³/mol. The molecule has 1 aromatic rings. The van der Waals surface area contributed by atoms with E-state index in [0.717, 1.165) is 38.9 Å². The average molecular weight is 380 g/mol. The molecule has 2 rings (SSSR count). The third-order valence-electron chi connectivity index (χ3n) is 4.82. The highest BCUT2D eigenvalue weighted by molar-refractivity contribution is 6.30. The second-order valence-electron chi connectivity index (χ2n) is 7.33. The molecule has 1 fully saturated rings. The number of carbonyl (C=O) groups excluding carboxylic acids is 2. The molecule has 2 amide bonds. The molecule has 0 spiro atoms. The van der Waals surface area contributed by atoms with Crippen molar-refractivity contribution in [2.75, 3.05) is 19.6 Å². The van der Waals surface area contributed by atoms with Crippen LogP contribution in [0.15, 0.2) is 24.3 Å². The molecule has 1 aliphatic rings. The number of nitrogens with zero attached hydrogens (tertiary/aromatic N) is 1. The van der Waals surface area contributed by atoms with Crippen molar-refractivity contribution in [2.24, 2.45) is 5.92 Å². The van der Waals surface area contributed by atoms with E-state index < -0.39 is 6.04 Å². The van der Waals surface area contributed by atoms with Crippen LogP contribution in [0.2, 0.25) is 5.02 Å². The van der Waals surface area contributed by atoms with Gasteiger partial charge in [0, 0.05) is 29.7 Å². The summed E-state index contributed by atoms with van der Waals surface area (Å²) in [6.45, 7) is 9.22. The van der Waals surface area contributed by atoms with Crippen molar-refractivity contribution in [3.05, 3.63) is 34.9 Å². The van der Waals surface area contributed by atoms with Gasteiger partial charge in [-0.2, -0.15) is 0 Å². The SMILES string of the molecule is CCCN1CCC(NC(=O)C(NC(=O)c2ccc(Cl)cc2)C(C)C)CC1. The van der Waals surface area contributed by atoms with Gasteiger partial charge in [0.15, 0.2) is 0 Å². The second kappa shape index (κ2) is 9.93. The van der Waals surface area contributed by atoms with Crippen molar-refractivity contribution in [1.82, 2.24) is 15.5 Å². The first-order valence-corrected chi connectivity index (χ1v) is 9.87. The number of halogens is 1. The smallest absolute Gasteiger partial charge is 0.251 e. The summed E-state index contributed by atoms with van der Waals surface area (Å²) in [6, 6.07) is 6.30. The first-order valence-electron chi connectivity index (χ1n) is 9.49. The maximum Gasteiger partial charge on any atom is 0.251 e. The molecule has 144 valence electrons. The van der Waals surface area contributed by atoms with E-state index >= 15 is 0 Å². The third kappa shape index (κ3) is 5.99. The van der Waals surface area contributed by atoms with Crippen molar-refractivity contribution in [3.8, 4) is 0 Å². The molecule has 2 N–H and O–H groups in total. The Morgan fingerprint density at radius 2 is 1.81 bits per heavy atom. The molecule has 6 heteroatoms. The summed E-state index contributed by atoms with van der Waals surface area (Å²) < 4.78 is 0. The molecule has 0 aromatic heterocycles. The number of amides is 2. The molecule has 1 aromatic carbocycles. The number of likely N-dealkylation sites (tertiary alicyclic amines) is 1. The molecule has 5 nitrogen and oxygen atoms in total. The van der Waals surface area contributed by atoms with Gasteiger partial charge in [0.2, 0.25) is 5.91 Å². The van der Waals surface area contributed by atoms with Gasteiger partial charge >= 0.3 is 0 Å². The van der Waals surface area contributed by atoms with Crippen LogP contribution >= 0.6 is 11.6 Å². The number of hydrogen-bond acceptors (Lipinski definition) is 3. The zero-order valence-corrected chi connectivity index (χ0v) is 16.7. The molecule has 0 radical (unpaired) electrons. The van der Waals surface area contributed by atoms with E-state index in [9.17, 15) is 9.59 Å². The van der Waals surface area contributed by atoms with E-state index in [1.54, 1.807) is 24.3 Å². The minimum atomic E-state index is -0.549. The van der Waals surface area contributed by atoms with E-state index in [-0.39, 0.29) is 23.8 Å². The minimum absolute atomic E-state index is 0.00595. The highest BCUT2D eigenvalue weighted by Crippen LogP contribution is 2.13. The molecule has 26 heavy (non-hydrogen) atoms. The van der Waals surface area contributed by atoms with Crippen LogP contribution < -0.4 is 10.6 Å². The van der Waals surface area contributed by atoms with Gasteiger partial charge in [-0.1, -0.05) is 32.4 Å². The van der Waals surface area contributed by atoms with Crippen LogP contribution in [0, 0.1) is 5.92 Å². The number of piperidine rings is 1. The highest BCUT2D eigenvalue weighted by atomic mass is 35.5. The van der Waals surface area contributed by atoms with Crippen molar-refractivity contribution in [1.29, 1.82) is 0 Å². The lowest BCUT2D eigenvalue weighted by Crippen LogP contribution is -2.54. The van der Waals surface area contributed by atoms with E-state index in [4.69, 9.17) is 11.6 Å². The summed E-state index contributed by atoms with van der Waals surface area (Å²) >= 11 is 5.86. The molecular weight excluding hydrogens is 350 g/mol. The van der Waals surface area contributed by atoms with Gasteiger partial charge < -0.3 is 15.5 Å². The molecule has 1 saturated heterocycles. The molecule has 1 aliphatic heterocycles. The van der Waals surface area contributed by atoms with Crippen molar-refractivity contribution < 1.29 is 9.59 Å². The zero-order valence-electron chi connectivity index (χ0n) is 15.9. The Hall–Kier alpha value is -1.59. The van der Waals surface area contributed by atoms with Crippen molar-refractivity contribution >= 4 is 23.4 Å². The van der Waals surface area contributed by atoms with Crippen molar-refractivity contribution in [3.63, 3.8) is 0 Å². The standard InChI is InChI=1S/C20H30ClN3O2/c1-4-11-24-12-9-17(10-13-24)22-20(26)18(14(2)3)23-19(25)15-5-7-16(21)8-6-15/h5-8,14,17-18H,4,9-13H2,1-3H3,(H,22,26)(H,23,25). The van der Waals surface area contributed by atoms with Crippen LogP contribution in [0.3, 0.4) is 0 Å². The van der Waals surface area contributed by atoms with Crippen LogP contribution in [0.5, 0.6) is 0 Å². The molecule has 0 bridgehead atoms. The fraction of sp³-hybridized carbons (Fsp3) is 0.600. The summed E-state index contributed by atoms with van der Waals surface area (Å²) in [6.07, 6.45) is 3.08. The summed E-state index contributed by atoms with van der Waals surface area (Å²) in [7, 11) is 0. The summed E-state index contributed by atoms with van der Waals surface area (Å²) in [5, 5.41) is 6.57. The highest BCUT2D eigenvalue weighted by Gasteiger charge is 2.28. The minimum Gasteiger partial charge on any atom is -0.351 e. The molecular formula is C20H30ClN3O2. The fourth-order valence-corrected chi connectivity index (χ4v) is 3.39. The number of nitrogens with one attached hydrogen (secondary N) is 2. The summed E-state index contributed by atoms with van der Waals surface area (Å²) in [5.41, 5.74) is 0.501. The van der Waals surface area contributed by atoms with Crippen LogP contribution in [-0.2, 0) is 4.79 Å². The molecule has 1 unspecified atom stereocenters. The Balaban J connectivity index is 1.91. The molecule has 1 heterocycles. The van der Waals surface area contributed by atoms with Crippen molar-refractivity contribution in [2.45, 2.75) is 52.1 Å². The number of carbonyl (C=O) groups is 2. The van der Waals surface area contributed by atoms with Gasteiger partial charge in [-0.3, -0.25) is 9.59 Å². The quantitative estimate of drug-likeness (QED) is 0.765. The van der Waals surface area contributed by atoms with Gasteiger partial charge in [0.05, 0.1) is 0 Å². The van der Waals surface area contributed by atoms with Gasteiger partial charge in [-0.05, 0) is 56.0 Å². The Morgan fingerprint density at radius 3 is 2.35 bits per heavy atom. The Kier molecular flexibility index (Phi) is 7.91. The first kappa shape index (κ1) is 20.7. The lowest BCUT2D eigenvalue weighted by molar-refractivity contribution is -0.125. The van der Waals surface area contributed by atoms with E-state index in [1.165, 1.54) is 0 Å². The molecule has 1 atom stereocenters. The molecule has 0 saturated carbocycles. The maximum atomic E-state index is 12.7. The lowest BCUT2D eigenvalue weighted by atomic mass is 10.00. The maximum absolute atomic E-state index is 12.7.